The van der Waals surface area contributed by atoms with Crippen molar-refractivity contribution < 1.29 is 18.7 Å². The number of hydrogen-bond acceptors (Lipinski definition) is 4. The molecule has 3 aromatic rings. The van der Waals surface area contributed by atoms with Crippen molar-refractivity contribution in [2.24, 2.45) is 0 Å². The highest BCUT2D eigenvalue weighted by molar-refractivity contribution is 6.46. The number of aryl methyl sites for hydroxylation is 1. The number of para-hydroxylation sites is 1. The molecule has 7 heteroatoms. The molecule has 0 unspecified atom stereocenters. The van der Waals surface area contributed by atoms with Crippen LogP contribution in [0.1, 0.15) is 11.1 Å². The molecule has 0 fully saturated rings. The second-order valence-electron chi connectivity index (χ2n) is 6.96. The van der Waals surface area contributed by atoms with Gasteiger partial charge in [0.15, 0.2) is 0 Å². The van der Waals surface area contributed by atoms with E-state index < -0.39 is 17.6 Å². The van der Waals surface area contributed by atoms with Crippen molar-refractivity contribution in [3.8, 4) is 5.75 Å². The molecule has 31 heavy (non-hydrogen) atoms. The van der Waals surface area contributed by atoms with Crippen LogP contribution in [0.5, 0.6) is 5.75 Å². The van der Waals surface area contributed by atoms with Crippen LogP contribution in [0.3, 0.4) is 0 Å². The van der Waals surface area contributed by atoms with Gasteiger partial charge >= 0.3 is 0 Å². The van der Waals surface area contributed by atoms with Gasteiger partial charge in [-0.3, -0.25) is 9.59 Å². The highest BCUT2D eigenvalue weighted by Gasteiger charge is 2.41. The van der Waals surface area contributed by atoms with Gasteiger partial charge in [0.05, 0.1) is 18.4 Å². The van der Waals surface area contributed by atoms with Gasteiger partial charge in [0.2, 0.25) is 0 Å². The number of nitrogens with one attached hydrogen (secondary N) is 1. The number of amides is 2. The number of hydrogen-bond donors (Lipinski definition) is 1. The van der Waals surface area contributed by atoms with Crippen LogP contribution in [-0.4, -0.2) is 18.9 Å². The molecule has 0 radical (unpaired) electrons. The lowest BCUT2D eigenvalue weighted by Gasteiger charge is -2.16. The Kier molecular flexibility index (Phi) is 5.48. The summed E-state index contributed by atoms with van der Waals surface area (Å²) in [5.41, 5.74) is 2.23. The average molecular weight is 437 g/mol. The van der Waals surface area contributed by atoms with E-state index in [2.05, 4.69) is 5.32 Å². The van der Waals surface area contributed by atoms with Crippen LogP contribution in [0.15, 0.2) is 72.4 Å². The van der Waals surface area contributed by atoms with E-state index in [1.54, 1.807) is 42.5 Å². The molecule has 3 aromatic carbocycles. The number of nitrogens with zero attached hydrogens (tertiary/aromatic N) is 1. The molecule has 0 saturated carbocycles. The molecule has 1 heterocycles. The zero-order valence-corrected chi connectivity index (χ0v) is 17.5. The first-order chi connectivity index (χ1) is 14.9. The van der Waals surface area contributed by atoms with Crippen molar-refractivity contribution in [2.45, 2.75) is 6.92 Å². The number of anilines is 2. The van der Waals surface area contributed by atoms with Crippen LogP contribution in [-0.2, 0) is 9.59 Å². The lowest BCUT2D eigenvalue weighted by molar-refractivity contribution is -0.120. The Labute approximate surface area is 183 Å². The Morgan fingerprint density at radius 2 is 1.74 bits per heavy atom. The first-order valence-corrected chi connectivity index (χ1v) is 9.83. The SMILES string of the molecule is COc1ccccc1C1=C(Nc2ccc(Cl)cc2C)C(=O)N(c2cccc(F)c2)C1=O. The third kappa shape index (κ3) is 3.78. The molecule has 5 nitrogen and oxygen atoms in total. The quantitative estimate of drug-likeness (QED) is 0.559. The summed E-state index contributed by atoms with van der Waals surface area (Å²) in [4.78, 5) is 27.8. The van der Waals surface area contributed by atoms with E-state index in [9.17, 15) is 14.0 Å². The molecular formula is C24H18ClFN2O3. The summed E-state index contributed by atoms with van der Waals surface area (Å²) >= 11 is 6.05. The van der Waals surface area contributed by atoms with E-state index >= 15 is 0 Å². The third-order valence-corrected chi connectivity index (χ3v) is 5.21. The fourth-order valence-corrected chi connectivity index (χ4v) is 3.73. The molecule has 1 aliphatic rings. The molecule has 0 aromatic heterocycles. The second kappa shape index (κ2) is 8.24. The summed E-state index contributed by atoms with van der Waals surface area (Å²) < 4.78 is 19.3. The normalized spacial score (nSPS) is 13.7. The molecule has 0 bridgehead atoms. The summed E-state index contributed by atoms with van der Waals surface area (Å²) in [5, 5.41) is 3.64. The number of benzene rings is 3. The lowest BCUT2D eigenvalue weighted by atomic mass is 10.0. The maximum Gasteiger partial charge on any atom is 0.282 e. The Morgan fingerprint density at radius 1 is 0.968 bits per heavy atom. The molecule has 0 spiro atoms. The van der Waals surface area contributed by atoms with E-state index in [0.29, 0.717) is 22.0 Å². The maximum atomic E-state index is 13.8. The van der Waals surface area contributed by atoms with Gasteiger partial charge in [0.1, 0.15) is 17.3 Å². The number of imide groups is 1. The van der Waals surface area contributed by atoms with Crippen LogP contribution in [0.4, 0.5) is 15.8 Å². The maximum absolute atomic E-state index is 13.8. The van der Waals surface area contributed by atoms with E-state index in [1.807, 2.05) is 6.92 Å². The van der Waals surface area contributed by atoms with Crippen molar-refractivity contribution in [3.63, 3.8) is 0 Å². The van der Waals surface area contributed by atoms with Gasteiger partial charge in [0, 0.05) is 16.3 Å². The van der Waals surface area contributed by atoms with Crippen molar-refractivity contribution in [1.29, 1.82) is 0 Å². The number of carbonyl (C=O) groups excluding carboxylic acids is 2. The second-order valence-corrected chi connectivity index (χ2v) is 7.40. The third-order valence-electron chi connectivity index (χ3n) is 4.97. The number of halogens is 2. The smallest absolute Gasteiger partial charge is 0.282 e. The Morgan fingerprint density at radius 3 is 2.45 bits per heavy atom. The number of ether oxygens (including phenoxy) is 1. The van der Waals surface area contributed by atoms with Crippen LogP contribution in [0, 0.1) is 12.7 Å². The van der Waals surface area contributed by atoms with Crippen molar-refractivity contribution >= 4 is 40.4 Å². The van der Waals surface area contributed by atoms with Crippen LogP contribution < -0.4 is 15.0 Å². The predicted molar refractivity (Wildman–Crippen MR) is 119 cm³/mol. The number of rotatable bonds is 5. The van der Waals surface area contributed by atoms with Gasteiger partial charge in [-0.1, -0.05) is 35.9 Å². The molecule has 0 aliphatic carbocycles. The number of methoxy groups -OCH3 is 1. The average Bonchev–Trinajstić information content (AvgIpc) is 2.99. The van der Waals surface area contributed by atoms with Gasteiger partial charge in [-0.2, -0.15) is 0 Å². The minimum Gasteiger partial charge on any atom is -0.496 e. The Balaban J connectivity index is 1.88. The summed E-state index contributed by atoms with van der Waals surface area (Å²) in [6, 6.07) is 17.4. The van der Waals surface area contributed by atoms with E-state index in [1.165, 1.54) is 25.3 Å². The topological polar surface area (TPSA) is 58.6 Å². The molecule has 156 valence electrons. The molecular weight excluding hydrogens is 419 g/mol. The van der Waals surface area contributed by atoms with Crippen LogP contribution in [0.2, 0.25) is 5.02 Å². The number of carbonyl (C=O) groups is 2. The summed E-state index contributed by atoms with van der Waals surface area (Å²) in [6.45, 7) is 1.84. The highest BCUT2D eigenvalue weighted by atomic mass is 35.5. The molecule has 4 rings (SSSR count). The molecule has 1 N–H and O–H groups in total. The predicted octanol–water partition coefficient (Wildman–Crippen LogP) is 5.19. The van der Waals surface area contributed by atoms with Gasteiger partial charge < -0.3 is 10.1 Å². The largest absolute Gasteiger partial charge is 0.496 e. The summed E-state index contributed by atoms with van der Waals surface area (Å²) in [5.74, 6) is -1.28. The summed E-state index contributed by atoms with van der Waals surface area (Å²) in [6.07, 6.45) is 0. The van der Waals surface area contributed by atoms with Gasteiger partial charge in [0.25, 0.3) is 11.8 Å². The van der Waals surface area contributed by atoms with Crippen molar-refractivity contribution in [3.05, 3.63) is 94.4 Å². The van der Waals surface area contributed by atoms with Crippen molar-refractivity contribution in [1.82, 2.24) is 0 Å². The molecule has 0 atom stereocenters. The molecule has 2 amide bonds. The molecule has 1 aliphatic heterocycles. The van der Waals surface area contributed by atoms with E-state index in [0.717, 1.165) is 16.5 Å². The minimum absolute atomic E-state index is 0.0733. The van der Waals surface area contributed by atoms with Gasteiger partial charge in [-0.15, -0.1) is 0 Å². The van der Waals surface area contributed by atoms with E-state index in [-0.39, 0.29) is 17.0 Å². The summed E-state index contributed by atoms with van der Waals surface area (Å²) in [7, 11) is 1.49. The molecule has 0 saturated heterocycles. The van der Waals surface area contributed by atoms with E-state index in [4.69, 9.17) is 16.3 Å². The fourth-order valence-electron chi connectivity index (χ4n) is 3.50. The zero-order valence-electron chi connectivity index (χ0n) is 16.8. The van der Waals surface area contributed by atoms with Crippen LogP contribution >= 0.6 is 11.6 Å². The minimum atomic E-state index is -0.592. The first-order valence-electron chi connectivity index (χ1n) is 9.46. The van der Waals surface area contributed by atoms with Gasteiger partial charge in [-0.25, -0.2) is 9.29 Å². The lowest BCUT2D eigenvalue weighted by Crippen LogP contribution is -2.32. The standard InChI is InChI=1S/C24H18ClFN2O3/c1-14-12-15(25)10-11-19(14)27-22-21(18-8-3-4-9-20(18)31-2)23(29)28(24(22)30)17-7-5-6-16(26)13-17/h3-13,27H,1-2H3. The van der Waals surface area contributed by atoms with Crippen LogP contribution in [0.25, 0.3) is 5.57 Å². The Bertz CT molecular complexity index is 1240. The van der Waals surface area contributed by atoms with Crippen molar-refractivity contribution in [2.75, 3.05) is 17.3 Å². The monoisotopic (exact) mass is 436 g/mol. The van der Waals surface area contributed by atoms with Gasteiger partial charge in [-0.05, 0) is 55.0 Å². The fraction of sp³-hybridized carbons (Fsp3) is 0.0833. The first kappa shape index (κ1) is 20.6. The highest BCUT2D eigenvalue weighted by Crippen LogP contribution is 2.38. The Hall–Kier alpha value is -3.64. The zero-order chi connectivity index (χ0) is 22.1.